The molecule has 0 aromatic carbocycles. The highest BCUT2D eigenvalue weighted by atomic mass is 16.4. The normalized spacial score (nSPS) is 22.2. The SMILES string of the molecule is CCCC(N)CC(=O)N1CCC[C@@H](C(=O)O)C1. The Morgan fingerprint density at radius 2 is 2.24 bits per heavy atom. The van der Waals surface area contributed by atoms with Gasteiger partial charge in [0.25, 0.3) is 0 Å². The fourth-order valence-corrected chi connectivity index (χ4v) is 2.23. The van der Waals surface area contributed by atoms with Crippen molar-refractivity contribution in [3.63, 3.8) is 0 Å². The van der Waals surface area contributed by atoms with Gasteiger partial charge in [-0.25, -0.2) is 0 Å². The number of piperidine rings is 1. The molecule has 0 aromatic rings. The van der Waals surface area contributed by atoms with Crippen LogP contribution in [0.2, 0.25) is 0 Å². The van der Waals surface area contributed by atoms with Crippen LogP contribution in [0.4, 0.5) is 0 Å². The molecule has 3 N–H and O–H groups in total. The van der Waals surface area contributed by atoms with Crippen LogP contribution in [0, 0.1) is 5.92 Å². The number of nitrogens with zero attached hydrogens (tertiary/aromatic N) is 1. The average molecular weight is 242 g/mol. The summed E-state index contributed by atoms with van der Waals surface area (Å²) in [5.74, 6) is -1.22. The number of nitrogens with two attached hydrogens (primary N) is 1. The molecule has 1 aliphatic rings. The van der Waals surface area contributed by atoms with E-state index < -0.39 is 11.9 Å². The lowest BCUT2D eigenvalue weighted by atomic mass is 9.97. The van der Waals surface area contributed by atoms with Crippen molar-refractivity contribution in [3.05, 3.63) is 0 Å². The molecule has 98 valence electrons. The molecule has 2 atom stereocenters. The second kappa shape index (κ2) is 6.59. The lowest BCUT2D eigenvalue weighted by Gasteiger charge is -2.31. The zero-order valence-corrected chi connectivity index (χ0v) is 10.4. The van der Waals surface area contributed by atoms with Crippen molar-refractivity contribution < 1.29 is 14.7 Å². The van der Waals surface area contributed by atoms with E-state index in [9.17, 15) is 9.59 Å². The van der Waals surface area contributed by atoms with Gasteiger partial charge in [-0.2, -0.15) is 0 Å². The minimum Gasteiger partial charge on any atom is -0.481 e. The fourth-order valence-electron chi connectivity index (χ4n) is 2.23. The Labute approximate surface area is 102 Å². The van der Waals surface area contributed by atoms with Crippen LogP contribution >= 0.6 is 0 Å². The number of aliphatic carboxylic acids is 1. The molecule has 0 saturated carbocycles. The van der Waals surface area contributed by atoms with E-state index in [2.05, 4.69) is 0 Å². The van der Waals surface area contributed by atoms with Crippen LogP contribution in [-0.4, -0.2) is 41.0 Å². The van der Waals surface area contributed by atoms with Gasteiger partial charge in [0.1, 0.15) is 0 Å². The molecule has 1 rings (SSSR count). The molecular weight excluding hydrogens is 220 g/mol. The molecule has 5 heteroatoms. The van der Waals surface area contributed by atoms with Gasteiger partial charge in [0.05, 0.1) is 5.92 Å². The van der Waals surface area contributed by atoms with Crippen LogP contribution in [-0.2, 0) is 9.59 Å². The maximum absolute atomic E-state index is 11.9. The van der Waals surface area contributed by atoms with Gasteiger partial charge < -0.3 is 15.7 Å². The summed E-state index contributed by atoms with van der Waals surface area (Å²) in [6.07, 6.45) is 3.57. The third-order valence-corrected chi connectivity index (χ3v) is 3.22. The first-order chi connectivity index (χ1) is 8.04. The molecule has 1 amide bonds. The van der Waals surface area contributed by atoms with Crippen LogP contribution in [0.25, 0.3) is 0 Å². The topological polar surface area (TPSA) is 83.6 Å². The summed E-state index contributed by atoms with van der Waals surface area (Å²) in [6, 6.07) is -0.0993. The number of carboxylic acids is 1. The van der Waals surface area contributed by atoms with Crippen molar-refractivity contribution in [3.8, 4) is 0 Å². The Kier molecular flexibility index (Phi) is 5.41. The molecule has 0 aromatic heterocycles. The smallest absolute Gasteiger partial charge is 0.308 e. The van der Waals surface area contributed by atoms with Crippen LogP contribution in [0.1, 0.15) is 39.0 Å². The van der Waals surface area contributed by atoms with Crippen molar-refractivity contribution in [1.29, 1.82) is 0 Å². The van der Waals surface area contributed by atoms with Crippen molar-refractivity contribution in [2.24, 2.45) is 11.7 Å². The minimum absolute atomic E-state index is 0.00287. The quantitative estimate of drug-likeness (QED) is 0.748. The zero-order chi connectivity index (χ0) is 12.8. The number of carbonyl (C=O) groups is 2. The molecular formula is C12H22N2O3. The maximum Gasteiger partial charge on any atom is 0.308 e. The third kappa shape index (κ3) is 4.34. The maximum atomic E-state index is 11.9. The van der Waals surface area contributed by atoms with E-state index in [-0.39, 0.29) is 11.9 Å². The van der Waals surface area contributed by atoms with E-state index in [4.69, 9.17) is 10.8 Å². The monoisotopic (exact) mass is 242 g/mol. The largest absolute Gasteiger partial charge is 0.481 e. The molecule has 1 unspecified atom stereocenters. The molecule has 1 fully saturated rings. The van der Waals surface area contributed by atoms with Crippen LogP contribution < -0.4 is 5.73 Å². The second-order valence-corrected chi connectivity index (χ2v) is 4.77. The predicted molar refractivity (Wildman–Crippen MR) is 64.4 cm³/mol. The van der Waals surface area contributed by atoms with Crippen molar-refractivity contribution in [2.45, 2.75) is 45.1 Å². The summed E-state index contributed by atoms with van der Waals surface area (Å²) in [5, 5.41) is 8.94. The van der Waals surface area contributed by atoms with Gasteiger partial charge in [-0.1, -0.05) is 13.3 Å². The second-order valence-electron chi connectivity index (χ2n) is 4.77. The van der Waals surface area contributed by atoms with E-state index >= 15 is 0 Å². The predicted octanol–water partition coefficient (Wildman–Crippen LogP) is 0.827. The molecule has 0 bridgehead atoms. The van der Waals surface area contributed by atoms with Crippen LogP contribution in [0.5, 0.6) is 0 Å². The number of likely N-dealkylation sites (tertiary alicyclic amines) is 1. The molecule has 0 radical (unpaired) electrons. The number of rotatable bonds is 5. The van der Waals surface area contributed by atoms with Crippen molar-refractivity contribution in [1.82, 2.24) is 4.90 Å². The van der Waals surface area contributed by atoms with Gasteiger partial charge in [0.15, 0.2) is 0 Å². The van der Waals surface area contributed by atoms with Gasteiger partial charge >= 0.3 is 5.97 Å². The Hall–Kier alpha value is -1.10. The Bertz CT molecular complexity index is 281. The van der Waals surface area contributed by atoms with Gasteiger partial charge in [-0.15, -0.1) is 0 Å². The van der Waals surface area contributed by atoms with E-state index in [1.54, 1.807) is 4.90 Å². The van der Waals surface area contributed by atoms with Crippen molar-refractivity contribution in [2.75, 3.05) is 13.1 Å². The molecule has 1 heterocycles. The Morgan fingerprint density at radius 1 is 1.53 bits per heavy atom. The summed E-state index contributed by atoms with van der Waals surface area (Å²) in [6.45, 7) is 3.04. The highest BCUT2D eigenvalue weighted by Crippen LogP contribution is 2.17. The highest BCUT2D eigenvalue weighted by molar-refractivity contribution is 5.78. The number of hydrogen-bond acceptors (Lipinski definition) is 3. The van der Waals surface area contributed by atoms with E-state index in [0.717, 1.165) is 19.3 Å². The van der Waals surface area contributed by atoms with E-state index in [1.165, 1.54) is 0 Å². The summed E-state index contributed by atoms with van der Waals surface area (Å²) in [4.78, 5) is 24.4. The molecule has 17 heavy (non-hydrogen) atoms. The first kappa shape index (κ1) is 14.0. The Balaban J connectivity index is 2.43. The Morgan fingerprint density at radius 3 is 2.82 bits per heavy atom. The first-order valence-electron chi connectivity index (χ1n) is 6.30. The summed E-state index contributed by atoms with van der Waals surface area (Å²) < 4.78 is 0. The lowest BCUT2D eigenvalue weighted by molar-refractivity contribution is -0.145. The summed E-state index contributed by atoms with van der Waals surface area (Å²) in [5.41, 5.74) is 5.82. The van der Waals surface area contributed by atoms with Gasteiger partial charge in [-0.05, 0) is 19.3 Å². The highest BCUT2D eigenvalue weighted by Gasteiger charge is 2.28. The molecule has 1 aliphatic heterocycles. The van der Waals surface area contributed by atoms with Crippen LogP contribution in [0.3, 0.4) is 0 Å². The minimum atomic E-state index is -0.805. The van der Waals surface area contributed by atoms with Crippen LogP contribution in [0.15, 0.2) is 0 Å². The van der Waals surface area contributed by atoms with E-state index in [0.29, 0.717) is 25.9 Å². The van der Waals surface area contributed by atoms with Gasteiger partial charge in [-0.3, -0.25) is 9.59 Å². The zero-order valence-electron chi connectivity index (χ0n) is 10.4. The average Bonchev–Trinajstić information content (AvgIpc) is 2.29. The number of hydrogen-bond donors (Lipinski definition) is 2. The first-order valence-corrected chi connectivity index (χ1v) is 6.30. The summed E-state index contributed by atoms with van der Waals surface area (Å²) in [7, 11) is 0. The molecule has 0 aliphatic carbocycles. The number of amides is 1. The number of carbonyl (C=O) groups excluding carboxylic acids is 1. The van der Waals surface area contributed by atoms with Gasteiger partial charge in [0.2, 0.25) is 5.91 Å². The van der Waals surface area contributed by atoms with Crippen molar-refractivity contribution >= 4 is 11.9 Å². The van der Waals surface area contributed by atoms with Gasteiger partial charge in [0, 0.05) is 25.6 Å². The molecule has 0 spiro atoms. The third-order valence-electron chi connectivity index (χ3n) is 3.22. The van der Waals surface area contributed by atoms with E-state index in [1.807, 2.05) is 6.92 Å². The molecule has 5 nitrogen and oxygen atoms in total. The lowest BCUT2D eigenvalue weighted by Crippen LogP contribution is -2.44. The standard InChI is InChI=1S/C12H22N2O3/c1-2-4-10(13)7-11(15)14-6-3-5-9(8-14)12(16)17/h9-10H,2-8,13H2,1H3,(H,16,17)/t9-,10?/m1/s1. The summed E-state index contributed by atoms with van der Waals surface area (Å²) >= 11 is 0. The fraction of sp³-hybridized carbons (Fsp3) is 0.833. The molecule has 1 saturated heterocycles. The number of carboxylic acid groups (broad SMARTS) is 1.